The Hall–Kier alpha value is -1.51. The van der Waals surface area contributed by atoms with Gasteiger partial charge in [-0.1, -0.05) is 39.8 Å². The second-order valence-electron chi connectivity index (χ2n) is 3.18. The van der Waals surface area contributed by atoms with E-state index < -0.39 is 0 Å². The van der Waals surface area contributed by atoms with Gasteiger partial charge in [0.25, 0.3) is 0 Å². The number of benzene rings is 1. The van der Waals surface area contributed by atoms with Gasteiger partial charge < -0.3 is 10.1 Å². The standard InChI is InChI=1S/C11H15NO2.2C2H6/c1-8-6-10(7-14-9(2)13)4-5-11(8)12-3;2*1-2/h4-6,12H,7H2,1-3H3;2*1-2H3. The topological polar surface area (TPSA) is 38.3 Å². The van der Waals surface area contributed by atoms with Crippen LogP contribution in [-0.4, -0.2) is 13.0 Å². The van der Waals surface area contributed by atoms with Crippen LogP contribution >= 0.6 is 0 Å². The number of aryl methyl sites for hydroxylation is 1. The Balaban J connectivity index is 0. The van der Waals surface area contributed by atoms with E-state index in [-0.39, 0.29) is 5.97 Å². The van der Waals surface area contributed by atoms with Crippen LogP contribution in [0.4, 0.5) is 5.69 Å². The lowest BCUT2D eigenvalue weighted by Gasteiger charge is -2.07. The quantitative estimate of drug-likeness (QED) is 0.822. The molecule has 0 amide bonds. The first kappa shape index (κ1) is 18.8. The van der Waals surface area contributed by atoms with Gasteiger partial charge in [0.1, 0.15) is 6.61 Å². The molecule has 0 unspecified atom stereocenters. The monoisotopic (exact) mass is 253 g/mol. The van der Waals surface area contributed by atoms with E-state index in [9.17, 15) is 4.79 Å². The second kappa shape index (κ2) is 12.0. The van der Waals surface area contributed by atoms with Crippen LogP contribution in [0, 0.1) is 6.92 Å². The Morgan fingerprint density at radius 2 is 1.78 bits per heavy atom. The van der Waals surface area contributed by atoms with Crippen molar-refractivity contribution in [1.29, 1.82) is 0 Å². The molecule has 0 saturated heterocycles. The molecule has 0 spiro atoms. The van der Waals surface area contributed by atoms with Crippen molar-refractivity contribution < 1.29 is 9.53 Å². The first-order valence-electron chi connectivity index (χ1n) is 6.54. The molecule has 18 heavy (non-hydrogen) atoms. The lowest BCUT2D eigenvalue weighted by atomic mass is 10.1. The maximum absolute atomic E-state index is 10.6. The fraction of sp³-hybridized carbons (Fsp3) is 0.533. The van der Waals surface area contributed by atoms with Gasteiger partial charge in [-0.05, 0) is 24.1 Å². The molecule has 0 aromatic heterocycles. The Morgan fingerprint density at radius 1 is 1.22 bits per heavy atom. The zero-order valence-electron chi connectivity index (χ0n) is 12.8. The average Bonchev–Trinajstić information content (AvgIpc) is 2.41. The van der Waals surface area contributed by atoms with Gasteiger partial charge in [0, 0.05) is 19.7 Å². The number of carbonyl (C=O) groups excluding carboxylic acids is 1. The Morgan fingerprint density at radius 3 is 2.17 bits per heavy atom. The Bertz CT molecular complexity index is 335. The smallest absolute Gasteiger partial charge is 0.302 e. The molecule has 1 rings (SSSR count). The molecule has 0 atom stereocenters. The van der Waals surface area contributed by atoms with Crippen LogP contribution in [0.5, 0.6) is 0 Å². The molecular formula is C15H27NO2. The molecule has 0 aliphatic heterocycles. The number of nitrogens with one attached hydrogen (secondary N) is 1. The fourth-order valence-electron chi connectivity index (χ4n) is 1.28. The fourth-order valence-corrected chi connectivity index (χ4v) is 1.28. The minimum absolute atomic E-state index is 0.250. The van der Waals surface area contributed by atoms with Gasteiger partial charge >= 0.3 is 5.97 Å². The lowest BCUT2D eigenvalue weighted by Crippen LogP contribution is -2.00. The number of hydrogen-bond acceptors (Lipinski definition) is 3. The number of rotatable bonds is 3. The summed E-state index contributed by atoms with van der Waals surface area (Å²) in [5.74, 6) is -0.250. The third-order valence-corrected chi connectivity index (χ3v) is 2.00. The Kier molecular flexibility index (Phi) is 12.5. The van der Waals surface area contributed by atoms with Gasteiger partial charge in [0.15, 0.2) is 0 Å². The molecule has 0 saturated carbocycles. The highest BCUT2D eigenvalue weighted by molar-refractivity contribution is 5.66. The van der Waals surface area contributed by atoms with Gasteiger partial charge in [-0.3, -0.25) is 4.79 Å². The summed E-state index contributed by atoms with van der Waals surface area (Å²) in [6.07, 6.45) is 0. The van der Waals surface area contributed by atoms with Crippen LogP contribution in [0.2, 0.25) is 0 Å². The van der Waals surface area contributed by atoms with Crippen LogP contribution in [0.25, 0.3) is 0 Å². The van der Waals surface area contributed by atoms with Crippen LogP contribution in [0.15, 0.2) is 18.2 Å². The zero-order valence-corrected chi connectivity index (χ0v) is 12.8. The number of esters is 1. The summed E-state index contributed by atoms with van der Waals surface area (Å²) in [4.78, 5) is 10.6. The predicted octanol–water partition coefficient (Wildman–Crippen LogP) is 4.15. The van der Waals surface area contributed by atoms with E-state index in [0.29, 0.717) is 6.61 Å². The summed E-state index contributed by atoms with van der Waals surface area (Å²) >= 11 is 0. The Labute approximate surface area is 112 Å². The number of carbonyl (C=O) groups is 1. The van der Waals surface area contributed by atoms with Gasteiger partial charge in [-0.2, -0.15) is 0 Å². The van der Waals surface area contributed by atoms with Crippen molar-refractivity contribution in [2.45, 2.75) is 48.1 Å². The predicted molar refractivity (Wildman–Crippen MR) is 78.9 cm³/mol. The molecule has 0 aliphatic carbocycles. The summed E-state index contributed by atoms with van der Waals surface area (Å²) < 4.78 is 4.90. The molecule has 104 valence electrons. The van der Waals surface area contributed by atoms with Crippen LogP contribution in [0.1, 0.15) is 45.7 Å². The summed E-state index contributed by atoms with van der Waals surface area (Å²) in [5.41, 5.74) is 3.26. The molecule has 0 heterocycles. The SMILES string of the molecule is CC.CC.CNc1ccc(COC(C)=O)cc1C. The van der Waals surface area contributed by atoms with Crippen LogP contribution in [0.3, 0.4) is 0 Å². The zero-order chi connectivity index (χ0) is 14.6. The van der Waals surface area contributed by atoms with E-state index in [4.69, 9.17) is 4.74 Å². The summed E-state index contributed by atoms with van der Waals surface area (Å²) in [6.45, 7) is 11.8. The highest BCUT2D eigenvalue weighted by Gasteiger charge is 1.99. The van der Waals surface area contributed by atoms with E-state index in [1.807, 2.05) is 59.9 Å². The first-order valence-corrected chi connectivity index (χ1v) is 6.54. The van der Waals surface area contributed by atoms with Gasteiger partial charge in [-0.25, -0.2) is 0 Å². The minimum Gasteiger partial charge on any atom is -0.461 e. The maximum atomic E-state index is 10.6. The lowest BCUT2D eigenvalue weighted by molar-refractivity contribution is -0.142. The molecule has 1 aromatic rings. The van der Waals surface area contributed by atoms with Crippen molar-refractivity contribution in [3.05, 3.63) is 29.3 Å². The molecule has 1 aromatic carbocycles. The molecule has 0 radical (unpaired) electrons. The van der Waals surface area contributed by atoms with E-state index in [1.165, 1.54) is 6.92 Å². The molecule has 3 heteroatoms. The highest BCUT2D eigenvalue weighted by Crippen LogP contribution is 2.16. The molecule has 3 nitrogen and oxygen atoms in total. The van der Waals surface area contributed by atoms with Crippen LogP contribution in [-0.2, 0) is 16.1 Å². The third-order valence-electron chi connectivity index (χ3n) is 2.00. The molecule has 1 N–H and O–H groups in total. The van der Waals surface area contributed by atoms with Crippen molar-refractivity contribution in [2.75, 3.05) is 12.4 Å². The van der Waals surface area contributed by atoms with Gasteiger partial charge in [0.2, 0.25) is 0 Å². The molecule has 0 aliphatic rings. The highest BCUT2D eigenvalue weighted by atomic mass is 16.5. The van der Waals surface area contributed by atoms with Crippen molar-refractivity contribution >= 4 is 11.7 Å². The van der Waals surface area contributed by atoms with Crippen molar-refractivity contribution in [2.24, 2.45) is 0 Å². The normalized spacial score (nSPS) is 8.17. The number of hydrogen-bond donors (Lipinski definition) is 1. The number of anilines is 1. The maximum Gasteiger partial charge on any atom is 0.302 e. The summed E-state index contributed by atoms with van der Waals surface area (Å²) in [5, 5.41) is 3.08. The molecule has 0 fully saturated rings. The second-order valence-corrected chi connectivity index (χ2v) is 3.18. The third kappa shape index (κ3) is 7.71. The van der Waals surface area contributed by atoms with E-state index in [0.717, 1.165) is 16.8 Å². The average molecular weight is 253 g/mol. The molecular weight excluding hydrogens is 226 g/mol. The van der Waals surface area contributed by atoms with E-state index in [1.54, 1.807) is 0 Å². The van der Waals surface area contributed by atoms with E-state index >= 15 is 0 Å². The van der Waals surface area contributed by atoms with E-state index in [2.05, 4.69) is 5.32 Å². The van der Waals surface area contributed by atoms with Crippen molar-refractivity contribution in [1.82, 2.24) is 0 Å². The minimum atomic E-state index is -0.250. The van der Waals surface area contributed by atoms with Crippen molar-refractivity contribution in [3.63, 3.8) is 0 Å². The summed E-state index contributed by atoms with van der Waals surface area (Å²) in [6, 6.07) is 5.94. The largest absolute Gasteiger partial charge is 0.461 e. The molecule has 0 bridgehead atoms. The first-order chi connectivity index (χ1) is 8.63. The van der Waals surface area contributed by atoms with Gasteiger partial charge in [0.05, 0.1) is 0 Å². The summed E-state index contributed by atoms with van der Waals surface area (Å²) in [7, 11) is 1.88. The number of ether oxygens (including phenoxy) is 1. The van der Waals surface area contributed by atoms with Gasteiger partial charge in [-0.15, -0.1) is 0 Å². The van der Waals surface area contributed by atoms with Crippen LogP contribution < -0.4 is 5.32 Å². The van der Waals surface area contributed by atoms with Crippen molar-refractivity contribution in [3.8, 4) is 0 Å².